The van der Waals surface area contributed by atoms with Crippen molar-refractivity contribution in [1.82, 2.24) is 0 Å². The van der Waals surface area contributed by atoms with Gasteiger partial charge < -0.3 is 9.84 Å². The van der Waals surface area contributed by atoms with E-state index >= 15 is 0 Å². The van der Waals surface area contributed by atoms with Gasteiger partial charge in [-0.1, -0.05) is 78.0 Å². The van der Waals surface area contributed by atoms with Crippen molar-refractivity contribution in [1.29, 1.82) is 0 Å². The summed E-state index contributed by atoms with van der Waals surface area (Å²) in [6, 6.07) is 12.7. The molecule has 0 aromatic heterocycles. The first-order valence-electron chi connectivity index (χ1n) is 10.3. The lowest BCUT2D eigenvalue weighted by Gasteiger charge is -2.29. The van der Waals surface area contributed by atoms with Crippen LogP contribution in [0, 0.1) is 0 Å². The molecule has 0 saturated carbocycles. The molecule has 0 fully saturated rings. The van der Waals surface area contributed by atoms with Crippen LogP contribution in [0.5, 0.6) is 5.75 Å². The number of ether oxygens (including phenoxy) is 1. The van der Waals surface area contributed by atoms with Gasteiger partial charge in [0.2, 0.25) is 0 Å². The standard InChI is InChI=1S/C27H34O3/c1-18(14-24(28)29)12-13-19-10-9-11-20(15-19)22-16-21(26(2,3)4)17-23(25(22)30-8)27(5,6)7/h9-17H,1-8H3,(H,28,29)/b13-12+,18-14+. The van der Waals surface area contributed by atoms with Crippen LogP contribution in [0.15, 0.2) is 54.1 Å². The summed E-state index contributed by atoms with van der Waals surface area (Å²) < 4.78 is 5.91. The first kappa shape index (κ1) is 23.5. The fourth-order valence-corrected chi connectivity index (χ4v) is 3.33. The first-order chi connectivity index (χ1) is 13.8. The number of benzene rings is 2. The van der Waals surface area contributed by atoms with E-state index in [9.17, 15) is 4.79 Å². The molecule has 0 aliphatic heterocycles. The van der Waals surface area contributed by atoms with Gasteiger partial charge in [-0.05, 0) is 52.1 Å². The van der Waals surface area contributed by atoms with Crippen molar-refractivity contribution in [2.24, 2.45) is 0 Å². The molecule has 0 unspecified atom stereocenters. The minimum Gasteiger partial charge on any atom is -0.496 e. The molecule has 0 saturated heterocycles. The molecule has 0 heterocycles. The van der Waals surface area contributed by atoms with Crippen LogP contribution in [0.1, 0.15) is 65.2 Å². The largest absolute Gasteiger partial charge is 0.496 e. The third kappa shape index (κ3) is 5.85. The fraction of sp³-hybridized carbons (Fsp3) is 0.370. The molecule has 2 rings (SSSR count). The van der Waals surface area contributed by atoms with Crippen LogP contribution < -0.4 is 4.74 Å². The Morgan fingerprint density at radius 2 is 1.67 bits per heavy atom. The number of allylic oxidation sites excluding steroid dienone is 2. The van der Waals surface area contributed by atoms with Crippen molar-refractivity contribution in [2.75, 3.05) is 7.11 Å². The Bertz CT molecular complexity index is 980. The molecule has 1 N–H and O–H groups in total. The van der Waals surface area contributed by atoms with Gasteiger partial charge in [-0.3, -0.25) is 0 Å². The van der Waals surface area contributed by atoms with Gasteiger partial charge in [-0.15, -0.1) is 0 Å². The molecule has 2 aromatic carbocycles. The van der Waals surface area contributed by atoms with Crippen molar-refractivity contribution >= 4 is 12.0 Å². The van der Waals surface area contributed by atoms with Crippen molar-refractivity contribution in [3.05, 3.63) is 70.8 Å². The zero-order valence-electron chi connectivity index (χ0n) is 19.5. The molecule has 0 aliphatic carbocycles. The van der Waals surface area contributed by atoms with Crippen LogP contribution in [0.3, 0.4) is 0 Å². The van der Waals surface area contributed by atoms with Crippen LogP contribution in [-0.2, 0) is 15.6 Å². The second-order valence-corrected chi connectivity index (χ2v) is 9.79. The molecular weight excluding hydrogens is 372 g/mol. The summed E-state index contributed by atoms with van der Waals surface area (Å²) in [4.78, 5) is 10.8. The average molecular weight is 407 g/mol. The lowest BCUT2D eigenvalue weighted by molar-refractivity contribution is -0.131. The summed E-state index contributed by atoms with van der Waals surface area (Å²) in [6.07, 6.45) is 4.95. The van der Waals surface area contributed by atoms with Crippen LogP contribution >= 0.6 is 0 Å². The van der Waals surface area contributed by atoms with Gasteiger partial charge >= 0.3 is 5.97 Å². The highest BCUT2D eigenvalue weighted by molar-refractivity contribution is 5.81. The average Bonchev–Trinajstić information content (AvgIpc) is 2.63. The van der Waals surface area contributed by atoms with Gasteiger partial charge in [0.1, 0.15) is 5.75 Å². The van der Waals surface area contributed by atoms with Crippen LogP contribution in [0.2, 0.25) is 0 Å². The van der Waals surface area contributed by atoms with E-state index in [-0.39, 0.29) is 10.8 Å². The lowest BCUT2D eigenvalue weighted by Crippen LogP contribution is -2.18. The third-order valence-corrected chi connectivity index (χ3v) is 5.05. The highest BCUT2D eigenvalue weighted by Gasteiger charge is 2.26. The van der Waals surface area contributed by atoms with Gasteiger partial charge in [0, 0.05) is 17.2 Å². The molecular formula is C27H34O3. The maximum atomic E-state index is 10.8. The molecule has 0 aliphatic rings. The number of aliphatic carboxylic acids is 1. The Morgan fingerprint density at radius 1 is 1.00 bits per heavy atom. The molecule has 0 atom stereocenters. The molecule has 3 nitrogen and oxygen atoms in total. The van der Waals surface area contributed by atoms with Crippen molar-refractivity contribution in [2.45, 2.75) is 59.3 Å². The predicted octanol–water partition coefficient (Wildman–Crippen LogP) is 7.00. The lowest BCUT2D eigenvalue weighted by atomic mass is 9.78. The van der Waals surface area contributed by atoms with Crippen LogP contribution in [-0.4, -0.2) is 18.2 Å². The Kier molecular flexibility index (Phi) is 6.97. The normalized spacial score (nSPS) is 13.0. The van der Waals surface area contributed by atoms with Crippen LogP contribution in [0.4, 0.5) is 0 Å². The second-order valence-electron chi connectivity index (χ2n) is 9.79. The monoisotopic (exact) mass is 406 g/mol. The van der Waals surface area contributed by atoms with E-state index in [0.29, 0.717) is 5.57 Å². The van der Waals surface area contributed by atoms with E-state index in [4.69, 9.17) is 9.84 Å². The molecule has 3 heteroatoms. The first-order valence-corrected chi connectivity index (χ1v) is 10.3. The molecule has 30 heavy (non-hydrogen) atoms. The molecule has 2 aromatic rings. The Labute approximate surface area is 181 Å². The van der Waals surface area contributed by atoms with Crippen molar-refractivity contribution < 1.29 is 14.6 Å². The molecule has 0 spiro atoms. The zero-order valence-corrected chi connectivity index (χ0v) is 19.5. The van der Waals surface area contributed by atoms with Gasteiger partial charge in [-0.25, -0.2) is 4.79 Å². The summed E-state index contributed by atoms with van der Waals surface area (Å²) in [5.74, 6) is -0.0390. The Hall–Kier alpha value is -2.81. The highest BCUT2D eigenvalue weighted by Crippen LogP contribution is 2.42. The van der Waals surface area contributed by atoms with Crippen LogP contribution in [0.25, 0.3) is 17.2 Å². The fourth-order valence-electron chi connectivity index (χ4n) is 3.33. The number of carboxylic acid groups (broad SMARTS) is 1. The van der Waals surface area contributed by atoms with Crippen molar-refractivity contribution in [3.63, 3.8) is 0 Å². The summed E-state index contributed by atoms with van der Waals surface area (Å²) in [7, 11) is 1.73. The zero-order chi connectivity index (χ0) is 22.7. The number of rotatable bonds is 5. The quantitative estimate of drug-likeness (QED) is 0.429. The minimum absolute atomic E-state index is 0.0112. The summed E-state index contributed by atoms with van der Waals surface area (Å²) in [6.45, 7) is 15.1. The maximum absolute atomic E-state index is 10.8. The highest BCUT2D eigenvalue weighted by atomic mass is 16.5. The number of hydrogen-bond donors (Lipinski definition) is 1. The van der Waals surface area contributed by atoms with E-state index in [0.717, 1.165) is 22.4 Å². The SMILES string of the molecule is COc1c(-c2cccc(/C=C/C(C)=C/C(=O)O)c2)cc(C(C)(C)C)cc1C(C)(C)C. The smallest absolute Gasteiger partial charge is 0.328 e. The summed E-state index contributed by atoms with van der Waals surface area (Å²) in [5, 5.41) is 8.89. The predicted molar refractivity (Wildman–Crippen MR) is 126 cm³/mol. The van der Waals surface area contributed by atoms with E-state index in [1.165, 1.54) is 17.2 Å². The topological polar surface area (TPSA) is 46.5 Å². The molecule has 0 bridgehead atoms. The van der Waals surface area contributed by atoms with Gasteiger partial charge in [-0.2, -0.15) is 0 Å². The molecule has 0 amide bonds. The third-order valence-electron chi connectivity index (χ3n) is 5.05. The molecule has 0 radical (unpaired) electrons. The number of carbonyl (C=O) groups is 1. The van der Waals surface area contributed by atoms with Gasteiger partial charge in [0.25, 0.3) is 0 Å². The van der Waals surface area contributed by atoms with E-state index < -0.39 is 5.97 Å². The second kappa shape index (κ2) is 8.91. The van der Waals surface area contributed by atoms with Gasteiger partial charge in [0.05, 0.1) is 7.11 Å². The van der Waals surface area contributed by atoms with E-state index in [1.807, 2.05) is 24.3 Å². The maximum Gasteiger partial charge on any atom is 0.328 e. The summed E-state index contributed by atoms with van der Waals surface area (Å²) in [5.41, 5.74) is 6.25. The van der Waals surface area contributed by atoms with E-state index in [2.05, 4.69) is 65.8 Å². The number of carboxylic acids is 1. The number of methoxy groups -OCH3 is 1. The Morgan fingerprint density at radius 3 is 2.20 bits per heavy atom. The summed E-state index contributed by atoms with van der Waals surface area (Å²) >= 11 is 0. The number of hydrogen-bond acceptors (Lipinski definition) is 2. The van der Waals surface area contributed by atoms with Crippen molar-refractivity contribution in [3.8, 4) is 16.9 Å². The molecule has 160 valence electrons. The Balaban J connectivity index is 2.66. The van der Waals surface area contributed by atoms with E-state index in [1.54, 1.807) is 14.0 Å². The minimum atomic E-state index is -0.940. The van der Waals surface area contributed by atoms with Gasteiger partial charge in [0.15, 0.2) is 0 Å².